The monoisotopic (exact) mass is 565 g/mol. The van der Waals surface area contributed by atoms with E-state index in [-0.39, 0.29) is 23.4 Å². The van der Waals surface area contributed by atoms with E-state index in [2.05, 4.69) is 31.2 Å². The number of ether oxygens (including phenoxy) is 1. The Hall–Kier alpha value is -2.17. The first kappa shape index (κ1) is 31.8. The van der Waals surface area contributed by atoms with Gasteiger partial charge in [-0.25, -0.2) is 0 Å². The van der Waals surface area contributed by atoms with Gasteiger partial charge in [-0.1, -0.05) is 76.1 Å². The second-order valence-corrected chi connectivity index (χ2v) is 13.8. The van der Waals surface area contributed by atoms with Gasteiger partial charge in [0.25, 0.3) is 0 Å². The van der Waals surface area contributed by atoms with E-state index >= 15 is 0 Å². The minimum atomic E-state index is -0.270. The fourth-order valence-corrected chi connectivity index (χ4v) is 8.65. The zero-order valence-electron chi connectivity index (χ0n) is 26.3. The van der Waals surface area contributed by atoms with E-state index < -0.39 is 0 Å². The van der Waals surface area contributed by atoms with Gasteiger partial charge in [0.1, 0.15) is 11.9 Å². The molecule has 1 amide bonds. The number of ketones is 1. The van der Waals surface area contributed by atoms with Gasteiger partial charge in [0, 0.05) is 45.2 Å². The molecule has 41 heavy (non-hydrogen) atoms. The molecule has 0 aliphatic heterocycles. The summed E-state index contributed by atoms with van der Waals surface area (Å²) >= 11 is 0. The molecule has 1 aromatic carbocycles. The Labute approximate surface area is 249 Å². The van der Waals surface area contributed by atoms with Gasteiger partial charge in [0.15, 0.2) is 0 Å². The van der Waals surface area contributed by atoms with E-state index in [4.69, 9.17) is 4.74 Å². The molecule has 3 aliphatic rings. The summed E-state index contributed by atoms with van der Waals surface area (Å²) in [4.78, 5) is 38.2. The lowest BCUT2D eigenvalue weighted by atomic mass is 9.51. The molecule has 4 rings (SSSR count). The van der Waals surface area contributed by atoms with Crippen LogP contribution in [-0.2, 0) is 25.5 Å². The van der Waals surface area contributed by atoms with Crippen molar-refractivity contribution >= 4 is 17.7 Å². The SMILES string of the molecule is CC(=O)OC(C)CCN(C)C(=O)CCCCCCCCCC[C@H]1C[C@]2(C)C(=O)CC[C@H]2[C@@H]2CCc3ccccc3[C@@H]12. The normalized spacial score (nSPS) is 27.5. The maximum absolute atomic E-state index is 13.0. The fourth-order valence-electron chi connectivity index (χ4n) is 8.65. The average Bonchev–Trinajstić information content (AvgIpc) is 3.25. The number of hydrogen-bond donors (Lipinski definition) is 0. The Balaban J connectivity index is 1.12. The summed E-state index contributed by atoms with van der Waals surface area (Å²) in [5, 5.41) is 0. The van der Waals surface area contributed by atoms with Crippen molar-refractivity contribution in [2.75, 3.05) is 13.6 Å². The number of nitrogens with zero attached hydrogens (tertiary/aromatic N) is 1. The second kappa shape index (κ2) is 14.8. The fraction of sp³-hybridized carbons (Fsp3) is 0.750. The van der Waals surface area contributed by atoms with Crippen molar-refractivity contribution in [3.63, 3.8) is 0 Å². The maximum atomic E-state index is 13.0. The van der Waals surface area contributed by atoms with E-state index in [9.17, 15) is 14.4 Å². The molecule has 0 spiro atoms. The molecule has 0 heterocycles. The van der Waals surface area contributed by atoms with Crippen LogP contribution >= 0.6 is 0 Å². The second-order valence-electron chi connectivity index (χ2n) is 13.8. The van der Waals surface area contributed by atoms with E-state index in [0.717, 1.165) is 32.1 Å². The van der Waals surface area contributed by atoms with E-state index in [0.29, 0.717) is 48.8 Å². The molecular weight excluding hydrogens is 510 g/mol. The van der Waals surface area contributed by atoms with Crippen LogP contribution in [0.15, 0.2) is 24.3 Å². The summed E-state index contributed by atoms with van der Waals surface area (Å²) < 4.78 is 5.14. The molecule has 6 atom stereocenters. The molecule has 0 bridgehead atoms. The van der Waals surface area contributed by atoms with Crippen LogP contribution < -0.4 is 0 Å². The number of carbonyl (C=O) groups is 3. The van der Waals surface area contributed by atoms with Gasteiger partial charge in [-0.15, -0.1) is 0 Å². The number of Topliss-reactive ketones (excluding diaryl/α,β-unsaturated/α-hetero) is 1. The summed E-state index contributed by atoms with van der Waals surface area (Å²) in [6.07, 6.45) is 17.5. The van der Waals surface area contributed by atoms with Crippen molar-refractivity contribution in [1.82, 2.24) is 4.90 Å². The van der Waals surface area contributed by atoms with Gasteiger partial charge in [0.2, 0.25) is 5.91 Å². The van der Waals surface area contributed by atoms with Crippen LogP contribution in [0.2, 0.25) is 0 Å². The number of aryl methyl sites for hydroxylation is 1. The topological polar surface area (TPSA) is 63.7 Å². The van der Waals surface area contributed by atoms with Crippen molar-refractivity contribution < 1.29 is 19.1 Å². The highest BCUT2D eigenvalue weighted by Gasteiger charge is 2.57. The number of benzene rings is 1. The lowest BCUT2D eigenvalue weighted by Crippen LogP contribution is -2.46. The zero-order chi connectivity index (χ0) is 29.4. The van der Waals surface area contributed by atoms with Gasteiger partial charge >= 0.3 is 5.97 Å². The van der Waals surface area contributed by atoms with Crippen molar-refractivity contribution in [1.29, 1.82) is 0 Å². The van der Waals surface area contributed by atoms with Gasteiger partial charge in [-0.2, -0.15) is 0 Å². The zero-order valence-corrected chi connectivity index (χ0v) is 26.3. The Bertz CT molecular complexity index is 1040. The maximum Gasteiger partial charge on any atom is 0.302 e. The molecule has 0 saturated heterocycles. The summed E-state index contributed by atoms with van der Waals surface area (Å²) in [7, 11) is 1.84. The Morgan fingerprint density at radius 3 is 2.41 bits per heavy atom. The number of rotatable bonds is 15. The predicted octanol–water partition coefficient (Wildman–Crippen LogP) is 8.04. The average molecular weight is 566 g/mol. The number of unbranched alkanes of at least 4 members (excludes halogenated alkanes) is 7. The molecule has 0 N–H and O–H groups in total. The Kier molecular flexibility index (Phi) is 11.5. The summed E-state index contributed by atoms with van der Waals surface area (Å²) in [5.41, 5.74) is 3.10. The van der Waals surface area contributed by atoms with Gasteiger partial charge < -0.3 is 9.64 Å². The van der Waals surface area contributed by atoms with Gasteiger partial charge in [-0.05, 0) is 80.2 Å². The largest absolute Gasteiger partial charge is 0.463 e. The highest BCUT2D eigenvalue weighted by molar-refractivity contribution is 5.87. The van der Waals surface area contributed by atoms with Crippen LogP contribution in [0.25, 0.3) is 0 Å². The number of amides is 1. The standard InChI is InChI=1S/C36H55NO4/c1-26(41-27(2)38)23-24-37(4)34(40)18-12-10-8-6-5-7-9-11-16-29-25-36(3)32(21-22-33(36)39)31-20-19-28-15-13-14-17-30(28)35(29)31/h13-15,17,26,29,31-32,35H,5-12,16,18-25H2,1-4H3/t26?,29-,31-,32-,35+,36-/m0/s1. The quantitative estimate of drug-likeness (QED) is 0.159. The van der Waals surface area contributed by atoms with E-state index in [1.165, 1.54) is 64.7 Å². The number of carbonyl (C=O) groups excluding carboxylic acids is 3. The van der Waals surface area contributed by atoms with Crippen LogP contribution in [0, 0.1) is 23.2 Å². The van der Waals surface area contributed by atoms with Crippen LogP contribution in [0.3, 0.4) is 0 Å². The van der Waals surface area contributed by atoms with Crippen LogP contribution in [0.5, 0.6) is 0 Å². The van der Waals surface area contributed by atoms with Gasteiger partial charge in [-0.3, -0.25) is 14.4 Å². The third kappa shape index (κ3) is 8.02. The lowest BCUT2D eigenvalue weighted by molar-refractivity contribution is -0.146. The summed E-state index contributed by atoms with van der Waals surface area (Å²) in [5.74, 6) is 3.05. The molecule has 2 fully saturated rings. The van der Waals surface area contributed by atoms with Crippen molar-refractivity contribution in [3.8, 4) is 0 Å². The highest BCUT2D eigenvalue weighted by Crippen LogP contribution is 2.62. The molecule has 228 valence electrons. The summed E-state index contributed by atoms with van der Waals surface area (Å²) in [6, 6.07) is 9.18. The van der Waals surface area contributed by atoms with E-state index in [1.54, 1.807) is 16.0 Å². The first-order chi connectivity index (χ1) is 19.7. The number of hydrogen-bond acceptors (Lipinski definition) is 4. The highest BCUT2D eigenvalue weighted by atomic mass is 16.5. The van der Waals surface area contributed by atoms with E-state index in [1.807, 2.05) is 14.0 Å². The Morgan fingerprint density at radius 2 is 1.68 bits per heavy atom. The van der Waals surface area contributed by atoms with Gasteiger partial charge in [0.05, 0.1) is 0 Å². The third-order valence-electron chi connectivity index (χ3n) is 10.9. The number of fused-ring (bicyclic) bond motifs is 5. The van der Waals surface area contributed by atoms with Crippen LogP contribution in [0.1, 0.15) is 134 Å². The molecule has 5 nitrogen and oxygen atoms in total. The molecule has 1 aromatic rings. The minimum Gasteiger partial charge on any atom is -0.463 e. The Morgan fingerprint density at radius 1 is 1.00 bits per heavy atom. The predicted molar refractivity (Wildman–Crippen MR) is 165 cm³/mol. The minimum absolute atomic E-state index is 0.0728. The molecule has 0 aromatic heterocycles. The molecule has 2 saturated carbocycles. The smallest absolute Gasteiger partial charge is 0.302 e. The van der Waals surface area contributed by atoms with Crippen LogP contribution in [0.4, 0.5) is 0 Å². The third-order valence-corrected chi connectivity index (χ3v) is 10.9. The van der Waals surface area contributed by atoms with Crippen molar-refractivity contribution in [2.24, 2.45) is 23.2 Å². The molecule has 0 radical (unpaired) electrons. The lowest BCUT2D eigenvalue weighted by Gasteiger charge is -2.52. The van der Waals surface area contributed by atoms with Crippen LogP contribution in [-0.4, -0.2) is 42.3 Å². The molecule has 3 aliphatic carbocycles. The first-order valence-corrected chi connectivity index (χ1v) is 16.7. The first-order valence-electron chi connectivity index (χ1n) is 16.7. The molecule has 1 unspecified atom stereocenters. The van der Waals surface area contributed by atoms with Crippen molar-refractivity contribution in [3.05, 3.63) is 35.4 Å². The number of esters is 1. The van der Waals surface area contributed by atoms with Crippen molar-refractivity contribution in [2.45, 2.75) is 136 Å². The summed E-state index contributed by atoms with van der Waals surface area (Å²) in [6.45, 7) is 6.22. The molecule has 5 heteroatoms. The molecular formula is C36H55NO4.